The van der Waals surface area contributed by atoms with E-state index in [1.807, 2.05) is 0 Å². The molecule has 216 valence electrons. The van der Waals surface area contributed by atoms with Gasteiger partial charge in [-0.3, -0.25) is 4.98 Å². The van der Waals surface area contributed by atoms with Crippen molar-refractivity contribution in [3.05, 3.63) is 47.7 Å². The third kappa shape index (κ3) is 4.47. The Morgan fingerprint density at radius 3 is 2.88 bits per heavy atom. The molecule has 4 heterocycles. The lowest BCUT2D eigenvalue weighted by Crippen LogP contribution is -2.32. The van der Waals surface area contributed by atoms with Gasteiger partial charge in [-0.25, -0.2) is 8.78 Å². The Labute approximate surface area is 246 Å². The molecule has 2 N–H and O–H groups in total. The van der Waals surface area contributed by atoms with Crippen molar-refractivity contribution < 1.29 is 18.3 Å². The second kappa shape index (κ2) is 10.5. The number of hydrogen-bond acceptors (Lipinski definition) is 8. The molecule has 0 radical (unpaired) electrons. The summed E-state index contributed by atoms with van der Waals surface area (Å²) in [6.45, 7) is 2.93. The van der Waals surface area contributed by atoms with Gasteiger partial charge >= 0.3 is 6.01 Å². The number of benzene rings is 2. The lowest BCUT2D eigenvalue weighted by Gasteiger charge is -2.25. The normalized spacial score (nSPS) is 24.0. The molecule has 1 saturated carbocycles. The number of nitrogen functional groups attached to an aromatic ring is 1. The maximum absolute atomic E-state index is 16.7. The topological polar surface area (TPSA) is 89.6 Å². The van der Waals surface area contributed by atoms with Crippen LogP contribution in [0.3, 0.4) is 0 Å². The number of likely N-dealkylation sites (N-methyl/N-ethyl adjacent to an activating group) is 1. The first-order valence-electron chi connectivity index (χ1n) is 14.0. The molecule has 4 atom stereocenters. The van der Waals surface area contributed by atoms with Gasteiger partial charge in [-0.15, -0.1) is 18.0 Å². The summed E-state index contributed by atoms with van der Waals surface area (Å²) in [6, 6.07) is 6.32. The van der Waals surface area contributed by atoms with Gasteiger partial charge < -0.3 is 25.0 Å². The fourth-order valence-electron chi connectivity index (χ4n) is 6.33. The molecule has 11 heteroatoms. The number of anilines is 2. The summed E-state index contributed by atoms with van der Waals surface area (Å²) in [7, 11) is 2.06. The minimum absolute atomic E-state index is 0.00868. The van der Waals surface area contributed by atoms with Gasteiger partial charge in [-0.05, 0) is 50.0 Å². The predicted molar refractivity (Wildman–Crippen MR) is 159 cm³/mol. The van der Waals surface area contributed by atoms with E-state index in [4.69, 9.17) is 38.2 Å². The molecule has 8 nitrogen and oxygen atoms in total. The van der Waals surface area contributed by atoms with E-state index >= 15 is 4.39 Å². The fraction of sp³-hybridized carbons (Fsp3) is 0.387. The van der Waals surface area contributed by atoms with Crippen molar-refractivity contribution >= 4 is 44.8 Å². The highest BCUT2D eigenvalue weighted by molar-refractivity contribution is 6.24. The lowest BCUT2D eigenvalue weighted by molar-refractivity contribution is 0.139. The number of rotatable bonds is 5. The van der Waals surface area contributed by atoms with Gasteiger partial charge in [0.15, 0.2) is 5.82 Å². The van der Waals surface area contributed by atoms with Crippen molar-refractivity contribution in [1.82, 2.24) is 19.9 Å². The van der Waals surface area contributed by atoms with Gasteiger partial charge in [-0.2, -0.15) is 9.97 Å². The average molecular weight is 591 g/mol. The molecule has 3 aliphatic rings. The summed E-state index contributed by atoms with van der Waals surface area (Å²) >= 11 is 6.63. The Balaban J connectivity index is 1.41. The molecule has 4 aromatic rings. The number of ether oxygens (including phenoxy) is 2. The largest absolute Gasteiger partial charge is 0.462 e. The zero-order valence-corrected chi connectivity index (χ0v) is 23.7. The lowest BCUT2D eigenvalue weighted by atomic mass is 9.95. The molecule has 2 saturated heterocycles. The summed E-state index contributed by atoms with van der Waals surface area (Å²) in [5, 5.41) is 1.23. The smallest absolute Gasteiger partial charge is 0.319 e. The number of fused-ring (bicyclic) bond motifs is 3. The summed E-state index contributed by atoms with van der Waals surface area (Å²) in [4.78, 5) is 18.1. The van der Waals surface area contributed by atoms with Crippen LogP contribution in [0.4, 0.5) is 20.3 Å². The van der Waals surface area contributed by atoms with Crippen molar-refractivity contribution in [2.75, 3.05) is 50.6 Å². The van der Waals surface area contributed by atoms with Crippen LogP contribution in [0, 0.1) is 29.9 Å². The predicted octanol–water partition coefficient (Wildman–Crippen LogP) is 4.60. The summed E-state index contributed by atoms with van der Waals surface area (Å²) in [5.74, 6) is 1.74. The Bertz CT molecular complexity index is 1760. The number of hydrogen-bond donors (Lipinski definition) is 1. The van der Waals surface area contributed by atoms with E-state index in [-0.39, 0.29) is 51.7 Å². The SMILES string of the molecule is C#Cc1c(F)ccc2cc(N)cc(-c3ncc4c(N5CCOC[C@H]6[C@H](Cl)[C@H]65)nc(OC[C@@H]5CCCN5C)nc4c3F)c12. The second-order valence-electron chi connectivity index (χ2n) is 11.2. The van der Waals surface area contributed by atoms with Crippen molar-refractivity contribution in [3.63, 3.8) is 0 Å². The third-order valence-corrected chi connectivity index (χ3v) is 9.24. The van der Waals surface area contributed by atoms with Crippen LogP contribution in [0.2, 0.25) is 0 Å². The van der Waals surface area contributed by atoms with Crippen LogP contribution in [0.15, 0.2) is 30.5 Å². The highest BCUT2D eigenvalue weighted by Gasteiger charge is 2.54. The Morgan fingerprint density at radius 1 is 1.24 bits per heavy atom. The van der Waals surface area contributed by atoms with Crippen molar-refractivity contribution in [2.24, 2.45) is 5.92 Å². The van der Waals surface area contributed by atoms with E-state index in [0.29, 0.717) is 54.0 Å². The molecule has 2 aromatic heterocycles. The first-order valence-corrected chi connectivity index (χ1v) is 14.5. The zero-order chi connectivity index (χ0) is 29.1. The molecular weight excluding hydrogens is 562 g/mol. The molecule has 2 aromatic carbocycles. The number of nitrogens with zero attached hydrogens (tertiary/aromatic N) is 5. The quantitative estimate of drug-likeness (QED) is 0.205. The first-order chi connectivity index (χ1) is 20.4. The minimum atomic E-state index is -0.709. The third-order valence-electron chi connectivity index (χ3n) is 8.66. The minimum Gasteiger partial charge on any atom is -0.462 e. The van der Waals surface area contributed by atoms with Crippen molar-refractivity contribution in [3.8, 4) is 29.6 Å². The molecule has 0 amide bonds. The number of nitrogens with two attached hydrogens (primary N) is 1. The van der Waals surface area contributed by atoms with Crippen LogP contribution < -0.4 is 15.4 Å². The van der Waals surface area contributed by atoms with Crippen LogP contribution in [-0.2, 0) is 4.74 Å². The second-order valence-corrected chi connectivity index (χ2v) is 11.7. The van der Waals surface area contributed by atoms with Gasteiger partial charge in [-0.1, -0.05) is 12.0 Å². The number of alkyl halides is 1. The summed E-state index contributed by atoms with van der Waals surface area (Å²) < 4.78 is 43.3. The highest BCUT2D eigenvalue weighted by atomic mass is 35.5. The zero-order valence-electron chi connectivity index (χ0n) is 23.0. The van der Waals surface area contributed by atoms with Crippen LogP contribution in [-0.4, -0.2) is 77.3 Å². The van der Waals surface area contributed by atoms with E-state index in [2.05, 4.69) is 32.7 Å². The number of aromatic nitrogens is 3. The fourth-order valence-corrected chi connectivity index (χ4v) is 6.79. The Hall–Kier alpha value is -3.78. The molecule has 42 heavy (non-hydrogen) atoms. The average Bonchev–Trinajstić information content (AvgIpc) is 3.52. The van der Waals surface area contributed by atoms with Crippen LogP contribution in [0.1, 0.15) is 18.4 Å². The summed E-state index contributed by atoms with van der Waals surface area (Å²) in [5.41, 5.74) is 6.81. The van der Waals surface area contributed by atoms with Crippen LogP contribution in [0.5, 0.6) is 6.01 Å². The molecule has 0 bridgehead atoms. The van der Waals surface area contributed by atoms with E-state index in [0.717, 1.165) is 19.4 Å². The van der Waals surface area contributed by atoms with Crippen LogP contribution >= 0.6 is 11.6 Å². The van der Waals surface area contributed by atoms with Gasteiger partial charge in [0.2, 0.25) is 0 Å². The molecule has 0 unspecified atom stereocenters. The number of halogens is 3. The molecule has 2 aliphatic heterocycles. The van der Waals surface area contributed by atoms with Gasteiger partial charge in [0.1, 0.15) is 29.5 Å². The highest BCUT2D eigenvalue weighted by Crippen LogP contribution is 2.46. The van der Waals surface area contributed by atoms with E-state index in [1.165, 1.54) is 12.3 Å². The molecular formula is C31H29ClF2N6O2. The van der Waals surface area contributed by atoms with Crippen molar-refractivity contribution in [2.45, 2.75) is 30.3 Å². The van der Waals surface area contributed by atoms with E-state index in [9.17, 15) is 4.39 Å². The standard InChI is InChI=1S/C31H29ClF2N6O2/c1-3-19-23(33)7-6-16-11-17(35)12-20(24(16)19)27-26(34)28-21(13-36-27)30(40-9-10-41-15-22-25(32)29(22)40)38-31(37-28)42-14-18-5-4-8-39(18)2/h1,6-7,11-13,18,22,25,29H,4-5,8-10,14-15,35H2,2H3/t18-,22-,25-,29-/m0/s1. The molecule has 0 spiro atoms. The van der Waals surface area contributed by atoms with Gasteiger partial charge in [0.25, 0.3) is 0 Å². The van der Waals surface area contributed by atoms with Gasteiger partial charge in [0.05, 0.1) is 35.6 Å². The molecule has 3 fully saturated rings. The van der Waals surface area contributed by atoms with Crippen molar-refractivity contribution in [1.29, 1.82) is 0 Å². The van der Waals surface area contributed by atoms with Gasteiger partial charge in [0, 0.05) is 41.3 Å². The maximum Gasteiger partial charge on any atom is 0.319 e. The number of pyridine rings is 1. The monoisotopic (exact) mass is 590 g/mol. The maximum atomic E-state index is 16.7. The number of terminal acetylenes is 1. The Kier molecular flexibility index (Phi) is 6.76. The molecule has 1 aliphatic carbocycles. The molecule has 7 rings (SSSR count). The summed E-state index contributed by atoms with van der Waals surface area (Å²) in [6.07, 6.45) is 9.30. The first kappa shape index (κ1) is 27.1. The van der Waals surface area contributed by atoms with Crippen LogP contribution in [0.25, 0.3) is 32.9 Å². The van der Waals surface area contributed by atoms with E-state index < -0.39 is 11.6 Å². The van der Waals surface area contributed by atoms with E-state index in [1.54, 1.807) is 18.2 Å². The number of likely N-dealkylation sites (tertiary alicyclic amines) is 1. The Morgan fingerprint density at radius 2 is 2.10 bits per heavy atom.